The van der Waals surface area contributed by atoms with Crippen LogP contribution in [0.1, 0.15) is 70.4 Å². The van der Waals surface area contributed by atoms with Crippen LogP contribution in [0.4, 0.5) is 13.2 Å². The summed E-state index contributed by atoms with van der Waals surface area (Å²) in [5.74, 6) is -5.49. The van der Waals surface area contributed by atoms with Gasteiger partial charge in [0.05, 0.1) is 17.4 Å². The van der Waals surface area contributed by atoms with Crippen molar-refractivity contribution < 1.29 is 32.3 Å². The molecule has 0 saturated heterocycles. The first-order chi connectivity index (χ1) is 14.1. The molecule has 168 valence electrons. The third kappa shape index (κ3) is 4.80. The Kier molecular flexibility index (Phi) is 5.78. The van der Waals surface area contributed by atoms with Gasteiger partial charge >= 0.3 is 6.18 Å². The molecule has 2 aliphatic carbocycles. The number of halogens is 3. The Bertz CT molecular complexity index is 854. The summed E-state index contributed by atoms with van der Waals surface area (Å²) in [6, 6.07) is 4.32. The standard InChI is InChI=1S/C24H27F3O4/c1-22(2)9-15(28)20(16(29)10-22)19(13-6-5-7-14(8-13)24(25,26)27)21-17(30)11-23(3,4)12-18(21)31/h5-8,19-21H,9-12H2,1-4H3. The lowest BCUT2D eigenvalue weighted by Crippen LogP contribution is -2.48. The summed E-state index contributed by atoms with van der Waals surface area (Å²) in [6.07, 6.45) is -4.36. The van der Waals surface area contributed by atoms with E-state index in [4.69, 9.17) is 0 Å². The van der Waals surface area contributed by atoms with Crippen LogP contribution in [-0.2, 0) is 25.4 Å². The molecule has 1 aromatic rings. The summed E-state index contributed by atoms with van der Waals surface area (Å²) in [5, 5.41) is 0. The topological polar surface area (TPSA) is 68.3 Å². The number of Topliss-reactive ketones (excluding diaryl/α,β-unsaturated/α-hetero) is 4. The van der Waals surface area contributed by atoms with E-state index in [1.165, 1.54) is 12.1 Å². The highest BCUT2D eigenvalue weighted by Crippen LogP contribution is 2.47. The molecule has 0 atom stereocenters. The van der Waals surface area contributed by atoms with Gasteiger partial charge in [0.1, 0.15) is 23.1 Å². The summed E-state index contributed by atoms with van der Waals surface area (Å²) in [4.78, 5) is 52.1. The van der Waals surface area contributed by atoms with Crippen LogP contribution in [0.3, 0.4) is 0 Å². The molecule has 3 rings (SSSR count). The van der Waals surface area contributed by atoms with Crippen LogP contribution in [0.2, 0.25) is 0 Å². The Morgan fingerprint density at radius 2 is 1.16 bits per heavy atom. The fraction of sp³-hybridized carbons (Fsp3) is 0.583. The van der Waals surface area contributed by atoms with Crippen LogP contribution in [0.15, 0.2) is 24.3 Å². The van der Waals surface area contributed by atoms with Gasteiger partial charge in [-0.25, -0.2) is 0 Å². The van der Waals surface area contributed by atoms with Crippen molar-refractivity contribution in [3.05, 3.63) is 35.4 Å². The van der Waals surface area contributed by atoms with Gasteiger partial charge in [-0.2, -0.15) is 13.2 Å². The minimum atomic E-state index is -4.63. The van der Waals surface area contributed by atoms with Crippen LogP contribution in [0.5, 0.6) is 0 Å². The predicted octanol–water partition coefficient (Wildman–Crippen LogP) is 4.94. The van der Waals surface area contributed by atoms with Gasteiger partial charge in [-0.3, -0.25) is 19.2 Å². The van der Waals surface area contributed by atoms with Gasteiger partial charge in [0.25, 0.3) is 0 Å². The van der Waals surface area contributed by atoms with E-state index < -0.39 is 63.5 Å². The molecule has 0 amide bonds. The molecule has 31 heavy (non-hydrogen) atoms. The van der Waals surface area contributed by atoms with E-state index >= 15 is 0 Å². The van der Waals surface area contributed by atoms with Gasteiger partial charge in [-0.15, -0.1) is 0 Å². The maximum Gasteiger partial charge on any atom is 0.416 e. The van der Waals surface area contributed by atoms with E-state index in [1.54, 1.807) is 27.7 Å². The van der Waals surface area contributed by atoms with Crippen LogP contribution in [-0.4, -0.2) is 23.1 Å². The number of carbonyl (C=O) groups excluding carboxylic acids is 4. The largest absolute Gasteiger partial charge is 0.416 e. The number of hydrogen-bond acceptors (Lipinski definition) is 4. The van der Waals surface area contributed by atoms with Crippen molar-refractivity contribution in [2.24, 2.45) is 22.7 Å². The van der Waals surface area contributed by atoms with Crippen LogP contribution in [0, 0.1) is 22.7 Å². The molecule has 0 aliphatic heterocycles. The fourth-order valence-corrected chi connectivity index (χ4v) is 5.11. The van der Waals surface area contributed by atoms with Gasteiger partial charge in [-0.05, 0) is 22.5 Å². The second-order valence-electron chi connectivity index (χ2n) is 10.5. The zero-order valence-corrected chi connectivity index (χ0v) is 18.1. The maximum atomic E-state index is 13.4. The van der Waals surface area contributed by atoms with Gasteiger partial charge in [-0.1, -0.05) is 45.9 Å². The summed E-state index contributed by atoms with van der Waals surface area (Å²) < 4.78 is 40.1. The van der Waals surface area contributed by atoms with Gasteiger partial charge in [0.2, 0.25) is 0 Å². The summed E-state index contributed by atoms with van der Waals surface area (Å²) >= 11 is 0. The first kappa shape index (κ1) is 23.4. The molecule has 2 saturated carbocycles. The Morgan fingerprint density at radius 3 is 1.52 bits per heavy atom. The summed E-state index contributed by atoms with van der Waals surface area (Å²) in [6.45, 7) is 7.10. The van der Waals surface area contributed by atoms with Crippen molar-refractivity contribution in [1.82, 2.24) is 0 Å². The molecule has 0 bridgehead atoms. The first-order valence-corrected chi connectivity index (χ1v) is 10.4. The van der Waals surface area contributed by atoms with E-state index in [2.05, 4.69) is 0 Å². The van der Waals surface area contributed by atoms with Crippen molar-refractivity contribution >= 4 is 23.1 Å². The molecular formula is C24H27F3O4. The lowest BCUT2D eigenvalue weighted by molar-refractivity contribution is -0.145. The molecule has 0 unspecified atom stereocenters. The highest BCUT2D eigenvalue weighted by Gasteiger charge is 2.52. The highest BCUT2D eigenvalue weighted by molar-refractivity contribution is 6.11. The average molecular weight is 436 g/mol. The molecule has 0 N–H and O–H groups in total. The average Bonchev–Trinajstić information content (AvgIpc) is 2.56. The van der Waals surface area contributed by atoms with E-state index in [-0.39, 0.29) is 31.2 Å². The summed E-state index contributed by atoms with van der Waals surface area (Å²) in [7, 11) is 0. The summed E-state index contributed by atoms with van der Waals surface area (Å²) in [5.41, 5.74) is -2.04. The number of carbonyl (C=O) groups is 4. The normalized spacial score (nSPS) is 23.0. The second kappa shape index (κ2) is 7.68. The zero-order valence-electron chi connectivity index (χ0n) is 18.1. The van der Waals surface area contributed by atoms with Crippen molar-refractivity contribution in [2.75, 3.05) is 0 Å². The van der Waals surface area contributed by atoms with Crippen LogP contribution in [0.25, 0.3) is 0 Å². The van der Waals surface area contributed by atoms with E-state index in [0.717, 1.165) is 12.1 Å². The van der Waals surface area contributed by atoms with Crippen molar-refractivity contribution in [3.8, 4) is 0 Å². The number of benzene rings is 1. The SMILES string of the molecule is CC1(C)CC(=O)C(C(c2cccc(C(F)(F)F)c2)C2C(=O)CC(C)(C)CC2=O)C(=O)C1. The smallest absolute Gasteiger partial charge is 0.299 e. The Balaban J connectivity index is 2.14. The molecule has 7 heteroatoms. The molecule has 0 heterocycles. The Morgan fingerprint density at radius 1 is 0.774 bits per heavy atom. The molecule has 0 aromatic heterocycles. The zero-order chi connectivity index (χ0) is 23.4. The third-order valence-electron chi connectivity index (χ3n) is 6.32. The minimum absolute atomic E-state index is 0.0348. The van der Waals surface area contributed by atoms with E-state index in [9.17, 15) is 32.3 Å². The number of hydrogen-bond donors (Lipinski definition) is 0. The van der Waals surface area contributed by atoms with E-state index in [0.29, 0.717) is 0 Å². The number of rotatable bonds is 3. The van der Waals surface area contributed by atoms with Crippen LogP contribution >= 0.6 is 0 Å². The maximum absolute atomic E-state index is 13.4. The number of alkyl halides is 3. The lowest BCUT2D eigenvalue weighted by atomic mass is 9.59. The molecular weight excluding hydrogens is 409 g/mol. The fourth-order valence-electron chi connectivity index (χ4n) is 5.11. The van der Waals surface area contributed by atoms with Crippen molar-refractivity contribution in [3.63, 3.8) is 0 Å². The van der Waals surface area contributed by atoms with Gasteiger partial charge in [0, 0.05) is 31.6 Å². The van der Waals surface area contributed by atoms with Gasteiger partial charge in [0.15, 0.2) is 0 Å². The monoisotopic (exact) mass is 436 g/mol. The lowest BCUT2D eigenvalue weighted by Gasteiger charge is -2.41. The Hall–Kier alpha value is -2.31. The molecule has 1 aromatic carbocycles. The quantitative estimate of drug-likeness (QED) is 0.630. The second-order valence-corrected chi connectivity index (χ2v) is 10.5. The third-order valence-corrected chi connectivity index (χ3v) is 6.32. The molecule has 0 spiro atoms. The first-order valence-electron chi connectivity index (χ1n) is 10.4. The van der Waals surface area contributed by atoms with E-state index in [1.807, 2.05) is 0 Å². The minimum Gasteiger partial charge on any atom is -0.299 e. The molecule has 2 aliphatic rings. The van der Waals surface area contributed by atoms with Gasteiger partial charge < -0.3 is 0 Å². The highest BCUT2D eigenvalue weighted by atomic mass is 19.4. The Labute approximate surface area is 179 Å². The molecule has 2 fully saturated rings. The van der Waals surface area contributed by atoms with Crippen molar-refractivity contribution in [2.45, 2.75) is 65.5 Å². The number of ketones is 4. The van der Waals surface area contributed by atoms with Crippen molar-refractivity contribution in [1.29, 1.82) is 0 Å². The van der Waals surface area contributed by atoms with Crippen LogP contribution < -0.4 is 0 Å². The molecule has 0 radical (unpaired) electrons. The molecule has 4 nitrogen and oxygen atoms in total. The predicted molar refractivity (Wildman–Crippen MR) is 107 cm³/mol.